The van der Waals surface area contributed by atoms with E-state index in [9.17, 15) is 5.26 Å². The Labute approximate surface area is 155 Å². The number of hydrogen-bond donors (Lipinski definition) is 0. The summed E-state index contributed by atoms with van der Waals surface area (Å²) >= 11 is 0. The van der Waals surface area contributed by atoms with Crippen molar-refractivity contribution in [3.63, 3.8) is 0 Å². The van der Waals surface area contributed by atoms with Crippen LogP contribution in [-0.2, 0) is 0 Å². The predicted octanol–water partition coefficient (Wildman–Crippen LogP) is 5.91. The SMILES string of the molecule is [C-]#[N+]/C(C#N)=C(/CC#N)c1cccc(C(CC)c2ccc(C)cc2C)c1. The average molecular weight is 339 g/mol. The maximum atomic E-state index is 9.22. The Morgan fingerprint density at radius 3 is 2.50 bits per heavy atom. The van der Waals surface area contributed by atoms with Crippen LogP contribution in [0.3, 0.4) is 0 Å². The fourth-order valence-corrected chi connectivity index (χ4v) is 3.36. The van der Waals surface area contributed by atoms with Crippen LogP contribution in [0.4, 0.5) is 0 Å². The monoisotopic (exact) mass is 339 g/mol. The van der Waals surface area contributed by atoms with E-state index in [2.05, 4.69) is 56.0 Å². The van der Waals surface area contributed by atoms with Gasteiger partial charge in [0, 0.05) is 5.92 Å². The minimum atomic E-state index is -0.0109. The summed E-state index contributed by atoms with van der Waals surface area (Å²) in [6.07, 6.45) is 0.994. The fourth-order valence-electron chi connectivity index (χ4n) is 3.36. The number of rotatable bonds is 5. The van der Waals surface area contributed by atoms with Crippen LogP contribution in [0.25, 0.3) is 10.4 Å². The fraction of sp³-hybridized carbons (Fsp3) is 0.261. The van der Waals surface area contributed by atoms with Crippen LogP contribution in [-0.4, -0.2) is 0 Å². The standard InChI is InChI=1S/C23H21N3/c1-5-20(21-10-9-16(2)13-17(21)3)18-7-6-8-19(14-18)22(11-12-24)23(15-25)26-4/h6-10,13-14,20H,5,11H2,1-3H3/b23-22-. The molecule has 0 saturated carbocycles. The molecule has 0 fully saturated rings. The van der Waals surface area contributed by atoms with Gasteiger partial charge in [0.05, 0.1) is 25.1 Å². The van der Waals surface area contributed by atoms with Crippen molar-refractivity contribution in [3.05, 3.63) is 87.4 Å². The highest BCUT2D eigenvalue weighted by Gasteiger charge is 2.16. The first-order chi connectivity index (χ1) is 12.5. The number of nitrogens with zero attached hydrogens (tertiary/aromatic N) is 3. The van der Waals surface area contributed by atoms with E-state index in [0.29, 0.717) is 5.57 Å². The molecule has 0 spiro atoms. The van der Waals surface area contributed by atoms with Gasteiger partial charge < -0.3 is 0 Å². The lowest BCUT2D eigenvalue weighted by molar-refractivity contribution is 0.770. The van der Waals surface area contributed by atoms with Gasteiger partial charge in [0.2, 0.25) is 0 Å². The minimum absolute atomic E-state index is 0.0109. The van der Waals surface area contributed by atoms with Crippen LogP contribution in [0.15, 0.2) is 48.2 Å². The van der Waals surface area contributed by atoms with Crippen LogP contribution in [0, 0.1) is 43.1 Å². The molecule has 2 aromatic carbocycles. The largest absolute Gasteiger partial charge is 0.266 e. The summed E-state index contributed by atoms with van der Waals surface area (Å²) in [7, 11) is 0. The first-order valence-electron chi connectivity index (χ1n) is 8.60. The highest BCUT2D eigenvalue weighted by molar-refractivity contribution is 5.75. The van der Waals surface area contributed by atoms with Gasteiger partial charge in [-0.05, 0) is 48.1 Å². The molecular formula is C23H21N3. The van der Waals surface area contributed by atoms with E-state index in [0.717, 1.165) is 17.5 Å². The third kappa shape index (κ3) is 4.00. The normalized spacial score (nSPS) is 12.3. The second kappa shape index (κ2) is 8.66. The minimum Gasteiger partial charge on any atom is -0.226 e. The Morgan fingerprint density at radius 2 is 1.92 bits per heavy atom. The molecule has 0 bridgehead atoms. The van der Waals surface area contributed by atoms with E-state index in [1.807, 2.05) is 24.3 Å². The highest BCUT2D eigenvalue weighted by Crippen LogP contribution is 2.33. The summed E-state index contributed by atoms with van der Waals surface area (Å²) in [4.78, 5) is 3.30. The van der Waals surface area contributed by atoms with Crippen molar-refractivity contribution in [3.8, 4) is 12.1 Å². The number of aryl methyl sites for hydroxylation is 2. The Morgan fingerprint density at radius 1 is 1.15 bits per heavy atom. The van der Waals surface area contributed by atoms with E-state index < -0.39 is 0 Å². The Kier molecular flexibility index (Phi) is 6.32. The van der Waals surface area contributed by atoms with E-state index in [4.69, 9.17) is 11.8 Å². The molecule has 26 heavy (non-hydrogen) atoms. The summed E-state index contributed by atoms with van der Waals surface area (Å²) in [6, 6.07) is 18.4. The quantitative estimate of drug-likeness (QED) is 0.502. The molecule has 2 rings (SSSR count). The topological polar surface area (TPSA) is 51.9 Å². The molecule has 3 heteroatoms. The van der Waals surface area contributed by atoms with Gasteiger partial charge in [-0.2, -0.15) is 5.26 Å². The first kappa shape index (κ1) is 19.0. The molecular weight excluding hydrogens is 318 g/mol. The average Bonchev–Trinajstić information content (AvgIpc) is 2.64. The molecule has 0 heterocycles. The molecule has 1 unspecified atom stereocenters. The second-order valence-corrected chi connectivity index (χ2v) is 6.33. The zero-order chi connectivity index (χ0) is 19.1. The molecule has 128 valence electrons. The van der Waals surface area contributed by atoms with Gasteiger partial charge in [0.1, 0.15) is 0 Å². The number of allylic oxidation sites excluding steroid dienone is 2. The lowest BCUT2D eigenvalue weighted by atomic mass is 9.84. The number of hydrogen-bond acceptors (Lipinski definition) is 2. The van der Waals surface area contributed by atoms with Gasteiger partial charge in [-0.25, -0.2) is 10.1 Å². The summed E-state index contributed by atoms with van der Waals surface area (Å²) in [6.45, 7) is 13.6. The van der Waals surface area contributed by atoms with Crippen molar-refractivity contribution in [2.75, 3.05) is 0 Å². The van der Waals surface area contributed by atoms with Crippen LogP contribution in [0.2, 0.25) is 0 Å². The van der Waals surface area contributed by atoms with Crippen LogP contribution >= 0.6 is 0 Å². The van der Waals surface area contributed by atoms with Gasteiger partial charge in [0.25, 0.3) is 5.70 Å². The maximum absolute atomic E-state index is 9.22. The summed E-state index contributed by atoms with van der Waals surface area (Å²) in [5, 5.41) is 18.3. The zero-order valence-corrected chi connectivity index (χ0v) is 15.4. The molecule has 1 atom stereocenters. The predicted molar refractivity (Wildman–Crippen MR) is 104 cm³/mol. The van der Waals surface area contributed by atoms with Gasteiger partial charge in [0.15, 0.2) is 0 Å². The molecule has 0 radical (unpaired) electrons. The zero-order valence-electron chi connectivity index (χ0n) is 15.4. The summed E-state index contributed by atoms with van der Waals surface area (Å²) in [5.41, 5.74) is 6.19. The Bertz CT molecular complexity index is 946. The second-order valence-electron chi connectivity index (χ2n) is 6.33. The molecule has 0 aliphatic carbocycles. The van der Waals surface area contributed by atoms with Crippen LogP contribution in [0.5, 0.6) is 0 Å². The lowest BCUT2D eigenvalue weighted by Crippen LogP contribution is -2.03. The molecule has 0 aliphatic heterocycles. The highest BCUT2D eigenvalue weighted by atomic mass is 14.7. The van der Waals surface area contributed by atoms with Gasteiger partial charge in [-0.3, -0.25) is 0 Å². The van der Waals surface area contributed by atoms with Crippen molar-refractivity contribution in [2.45, 2.75) is 39.5 Å². The summed E-state index contributed by atoms with van der Waals surface area (Å²) < 4.78 is 0. The van der Waals surface area contributed by atoms with Crippen molar-refractivity contribution in [2.24, 2.45) is 0 Å². The Balaban J connectivity index is 2.57. The lowest BCUT2D eigenvalue weighted by Gasteiger charge is -2.20. The van der Waals surface area contributed by atoms with E-state index in [1.165, 1.54) is 16.7 Å². The molecule has 2 aromatic rings. The number of nitriles is 2. The maximum Gasteiger partial charge on any atom is 0.266 e. The molecule has 0 amide bonds. The third-order valence-electron chi connectivity index (χ3n) is 4.61. The number of benzene rings is 2. The molecule has 0 aromatic heterocycles. The smallest absolute Gasteiger partial charge is 0.226 e. The van der Waals surface area contributed by atoms with Crippen LogP contribution < -0.4 is 0 Å². The molecule has 0 saturated heterocycles. The van der Waals surface area contributed by atoms with Crippen molar-refractivity contribution in [1.82, 2.24) is 0 Å². The third-order valence-corrected chi connectivity index (χ3v) is 4.61. The van der Waals surface area contributed by atoms with E-state index in [1.54, 1.807) is 0 Å². The van der Waals surface area contributed by atoms with Crippen molar-refractivity contribution >= 4 is 5.57 Å². The molecule has 0 N–H and O–H groups in total. The molecule has 0 aliphatic rings. The Hall–Kier alpha value is -3.35. The van der Waals surface area contributed by atoms with Gasteiger partial charge in [-0.15, -0.1) is 0 Å². The van der Waals surface area contributed by atoms with Crippen LogP contribution in [0.1, 0.15) is 53.5 Å². The van der Waals surface area contributed by atoms with Gasteiger partial charge in [-0.1, -0.05) is 55.0 Å². The van der Waals surface area contributed by atoms with E-state index >= 15 is 0 Å². The van der Waals surface area contributed by atoms with Crippen molar-refractivity contribution in [1.29, 1.82) is 10.5 Å². The summed E-state index contributed by atoms with van der Waals surface area (Å²) in [5.74, 6) is 0.234. The van der Waals surface area contributed by atoms with E-state index in [-0.39, 0.29) is 18.0 Å². The van der Waals surface area contributed by atoms with Gasteiger partial charge >= 0.3 is 0 Å². The molecule has 3 nitrogen and oxygen atoms in total. The van der Waals surface area contributed by atoms with Crippen molar-refractivity contribution < 1.29 is 0 Å². The first-order valence-corrected chi connectivity index (χ1v) is 8.60.